The van der Waals surface area contributed by atoms with E-state index in [4.69, 9.17) is 16.3 Å². The number of carbonyl (C=O) groups is 2. The predicted molar refractivity (Wildman–Crippen MR) is 143 cm³/mol. The number of carbonyl (C=O) groups excluding carboxylic acids is 2. The molecule has 0 spiro atoms. The molecule has 2 N–H and O–H groups in total. The van der Waals surface area contributed by atoms with Gasteiger partial charge in [0.1, 0.15) is 6.04 Å². The molecule has 0 radical (unpaired) electrons. The first-order chi connectivity index (χ1) is 18.3. The largest absolute Gasteiger partial charge is 0.379 e. The third-order valence-electron chi connectivity index (χ3n) is 7.45. The Balaban J connectivity index is 1.27. The van der Waals surface area contributed by atoms with Crippen molar-refractivity contribution >= 4 is 33.4 Å². The molecule has 38 heavy (non-hydrogen) atoms. The lowest BCUT2D eigenvalue weighted by atomic mass is 9.86. The Bertz CT molecular complexity index is 1280. The fourth-order valence-corrected chi connectivity index (χ4v) is 7.19. The number of benzene rings is 2. The van der Waals surface area contributed by atoms with E-state index in [1.165, 1.54) is 35.4 Å². The van der Waals surface area contributed by atoms with E-state index >= 15 is 0 Å². The SMILES string of the molecule is O=C(CC1C(=O)NCCN1S(=O)(=O)c1ccc(Cl)cc1)N[C@@H]1CCCc2cc(CN3CCOCC3)ccc21. The highest BCUT2D eigenvalue weighted by molar-refractivity contribution is 7.89. The van der Waals surface area contributed by atoms with Crippen LogP contribution in [0, 0.1) is 0 Å². The Morgan fingerprint density at radius 2 is 1.87 bits per heavy atom. The maximum atomic E-state index is 13.3. The van der Waals surface area contributed by atoms with Gasteiger partial charge in [0.15, 0.2) is 0 Å². The van der Waals surface area contributed by atoms with Gasteiger partial charge in [-0.1, -0.05) is 29.8 Å². The minimum atomic E-state index is -3.98. The number of halogens is 1. The third-order valence-corrected chi connectivity index (χ3v) is 9.62. The molecule has 2 amide bonds. The van der Waals surface area contributed by atoms with E-state index in [0.29, 0.717) is 5.02 Å². The molecule has 1 aliphatic carbocycles. The van der Waals surface area contributed by atoms with Gasteiger partial charge >= 0.3 is 0 Å². The van der Waals surface area contributed by atoms with Crippen molar-refractivity contribution in [1.82, 2.24) is 19.8 Å². The molecule has 2 atom stereocenters. The van der Waals surface area contributed by atoms with Crippen molar-refractivity contribution in [2.75, 3.05) is 39.4 Å². The molecule has 9 nitrogen and oxygen atoms in total. The van der Waals surface area contributed by atoms with Gasteiger partial charge in [0.2, 0.25) is 21.8 Å². The Hall–Kier alpha value is -2.50. The molecular weight excluding hydrogens is 528 g/mol. The second-order valence-corrected chi connectivity index (χ2v) is 12.3. The van der Waals surface area contributed by atoms with Crippen molar-refractivity contribution < 1.29 is 22.7 Å². The Labute approximate surface area is 228 Å². The molecule has 2 aromatic carbocycles. The number of amides is 2. The molecule has 2 aromatic rings. The first-order valence-electron chi connectivity index (χ1n) is 13.1. The molecule has 2 saturated heterocycles. The zero-order valence-corrected chi connectivity index (χ0v) is 22.8. The summed E-state index contributed by atoms with van der Waals surface area (Å²) in [6.07, 6.45) is 2.45. The summed E-state index contributed by atoms with van der Waals surface area (Å²) in [5.41, 5.74) is 3.57. The molecule has 2 fully saturated rings. The van der Waals surface area contributed by atoms with Crippen molar-refractivity contribution in [2.24, 2.45) is 0 Å². The van der Waals surface area contributed by atoms with Crippen LogP contribution >= 0.6 is 11.6 Å². The standard InChI is InChI=1S/C27H33ClN4O5S/c28-21-5-7-22(8-6-21)38(35,36)32-11-10-29-27(34)25(32)17-26(33)30-24-3-1-2-20-16-19(4-9-23(20)24)18-31-12-14-37-15-13-31/h4-9,16,24-25H,1-3,10-15,17-18H2,(H,29,34)(H,30,33)/t24-,25?/m1/s1. The molecule has 1 unspecified atom stereocenters. The zero-order chi connectivity index (χ0) is 26.7. The van der Waals surface area contributed by atoms with Gasteiger partial charge in [-0.25, -0.2) is 8.42 Å². The first kappa shape index (κ1) is 27.1. The van der Waals surface area contributed by atoms with Crippen molar-refractivity contribution in [3.63, 3.8) is 0 Å². The van der Waals surface area contributed by atoms with Crippen molar-refractivity contribution in [3.05, 3.63) is 64.2 Å². The van der Waals surface area contributed by atoms with E-state index < -0.39 is 22.0 Å². The van der Waals surface area contributed by atoms with E-state index in [1.807, 2.05) is 0 Å². The van der Waals surface area contributed by atoms with Crippen LogP contribution in [0.5, 0.6) is 0 Å². The number of ether oxygens (including phenoxy) is 1. The summed E-state index contributed by atoms with van der Waals surface area (Å²) in [7, 11) is -3.98. The number of fused-ring (bicyclic) bond motifs is 1. The second-order valence-electron chi connectivity index (χ2n) is 10.0. The number of sulfonamides is 1. The summed E-state index contributed by atoms with van der Waals surface area (Å²) < 4.78 is 33.2. The van der Waals surface area contributed by atoms with E-state index in [0.717, 1.165) is 62.0 Å². The quantitative estimate of drug-likeness (QED) is 0.538. The van der Waals surface area contributed by atoms with Gasteiger partial charge in [-0.05, 0) is 60.2 Å². The predicted octanol–water partition coefficient (Wildman–Crippen LogP) is 2.25. The molecule has 11 heteroatoms. The molecule has 3 aliphatic rings. The average molecular weight is 561 g/mol. The van der Waals surface area contributed by atoms with Crippen LogP contribution in [-0.2, 0) is 37.3 Å². The lowest BCUT2D eigenvalue weighted by Gasteiger charge is -2.34. The summed E-state index contributed by atoms with van der Waals surface area (Å²) in [5, 5.41) is 6.19. The number of hydrogen-bond acceptors (Lipinski definition) is 6. The van der Waals surface area contributed by atoms with E-state index in [2.05, 4.69) is 33.7 Å². The summed E-state index contributed by atoms with van der Waals surface area (Å²) in [6.45, 7) is 4.53. The number of piperazine rings is 1. The number of rotatable bonds is 7. The molecule has 2 aliphatic heterocycles. The number of aryl methyl sites for hydroxylation is 1. The Morgan fingerprint density at radius 1 is 1.11 bits per heavy atom. The van der Waals surface area contributed by atoms with Gasteiger partial charge in [-0.3, -0.25) is 14.5 Å². The topological polar surface area (TPSA) is 108 Å². The second kappa shape index (κ2) is 11.7. The van der Waals surface area contributed by atoms with Gasteiger partial charge in [0, 0.05) is 37.7 Å². The van der Waals surface area contributed by atoms with Crippen molar-refractivity contribution in [2.45, 2.75) is 49.2 Å². The molecular formula is C27H33ClN4O5S. The van der Waals surface area contributed by atoms with E-state index in [1.54, 1.807) is 0 Å². The normalized spacial score (nSPS) is 22.9. The van der Waals surface area contributed by atoms with Crippen LogP contribution in [0.1, 0.15) is 42.0 Å². The van der Waals surface area contributed by atoms with Crippen LogP contribution in [0.25, 0.3) is 0 Å². The summed E-state index contributed by atoms with van der Waals surface area (Å²) in [6, 6.07) is 11.0. The van der Waals surface area contributed by atoms with Crippen LogP contribution < -0.4 is 10.6 Å². The fourth-order valence-electron chi connectivity index (χ4n) is 5.48. The smallest absolute Gasteiger partial charge is 0.243 e. The molecule has 204 valence electrons. The van der Waals surface area contributed by atoms with Crippen LogP contribution in [0.4, 0.5) is 0 Å². The number of morpholine rings is 1. The molecule has 0 bridgehead atoms. The lowest BCUT2D eigenvalue weighted by Crippen LogP contribution is -2.58. The summed E-state index contributed by atoms with van der Waals surface area (Å²) in [4.78, 5) is 28.3. The average Bonchev–Trinajstić information content (AvgIpc) is 2.90. The van der Waals surface area contributed by atoms with Gasteiger partial charge < -0.3 is 15.4 Å². The first-order valence-corrected chi connectivity index (χ1v) is 14.9. The van der Waals surface area contributed by atoms with Gasteiger partial charge in [-0.2, -0.15) is 4.31 Å². The van der Waals surface area contributed by atoms with Crippen molar-refractivity contribution in [3.8, 4) is 0 Å². The highest BCUT2D eigenvalue weighted by Gasteiger charge is 2.40. The Morgan fingerprint density at radius 3 is 2.63 bits per heavy atom. The number of hydrogen-bond donors (Lipinski definition) is 2. The van der Waals surface area contributed by atoms with Gasteiger partial charge in [-0.15, -0.1) is 0 Å². The molecule has 0 saturated carbocycles. The van der Waals surface area contributed by atoms with Gasteiger partial charge in [0.05, 0.1) is 30.6 Å². The minimum Gasteiger partial charge on any atom is -0.379 e. The highest BCUT2D eigenvalue weighted by atomic mass is 35.5. The van der Waals surface area contributed by atoms with Crippen molar-refractivity contribution in [1.29, 1.82) is 0 Å². The number of nitrogens with one attached hydrogen (secondary N) is 2. The van der Waals surface area contributed by atoms with Crippen LogP contribution in [-0.4, -0.2) is 74.9 Å². The summed E-state index contributed by atoms with van der Waals surface area (Å²) >= 11 is 5.92. The van der Waals surface area contributed by atoms with Crippen LogP contribution in [0.3, 0.4) is 0 Å². The van der Waals surface area contributed by atoms with Crippen LogP contribution in [0.2, 0.25) is 5.02 Å². The minimum absolute atomic E-state index is 0.0381. The van der Waals surface area contributed by atoms with E-state index in [9.17, 15) is 18.0 Å². The number of nitrogens with zero attached hydrogens (tertiary/aromatic N) is 2. The third kappa shape index (κ3) is 6.05. The van der Waals surface area contributed by atoms with Gasteiger partial charge in [0.25, 0.3) is 0 Å². The Kier molecular flexibility index (Phi) is 8.35. The molecule has 5 rings (SSSR count). The molecule has 2 heterocycles. The van der Waals surface area contributed by atoms with E-state index in [-0.39, 0.29) is 36.4 Å². The lowest BCUT2D eigenvalue weighted by molar-refractivity contribution is -0.132. The van der Waals surface area contributed by atoms with Crippen LogP contribution in [0.15, 0.2) is 47.4 Å². The maximum Gasteiger partial charge on any atom is 0.243 e. The molecule has 0 aromatic heterocycles. The fraction of sp³-hybridized carbons (Fsp3) is 0.481. The monoisotopic (exact) mass is 560 g/mol. The summed E-state index contributed by atoms with van der Waals surface area (Å²) in [5.74, 6) is -0.820. The maximum absolute atomic E-state index is 13.3. The highest BCUT2D eigenvalue weighted by Crippen LogP contribution is 2.31. The zero-order valence-electron chi connectivity index (χ0n) is 21.2.